The lowest BCUT2D eigenvalue weighted by Gasteiger charge is -2.12. The van der Waals surface area contributed by atoms with Gasteiger partial charge in [0, 0.05) is 0 Å². The van der Waals surface area contributed by atoms with Crippen LogP contribution in [-0.2, 0) is 0 Å². The van der Waals surface area contributed by atoms with Crippen molar-refractivity contribution in [3.05, 3.63) is 65.7 Å². The summed E-state index contributed by atoms with van der Waals surface area (Å²) in [4.78, 5) is 0. The Morgan fingerprint density at radius 1 is 1.00 bits per heavy atom. The van der Waals surface area contributed by atoms with Gasteiger partial charge >= 0.3 is 0 Å². The minimum absolute atomic E-state index is 0.271. The van der Waals surface area contributed by atoms with Crippen LogP contribution in [0.25, 0.3) is 0 Å². The van der Waals surface area contributed by atoms with Crippen molar-refractivity contribution in [3.8, 4) is 5.75 Å². The lowest BCUT2D eigenvalue weighted by molar-refractivity contribution is 0.108. The Hall–Kier alpha value is -1.80. The van der Waals surface area contributed by atoms with E-state index in [9.17, 15) is 5.11 Å². The molecule has 2 aromatic rings. The number of rotatable bonds is 4. The first kappa shape index (κ1) is 11.7. The summed E-state index contributed by atoms with van der Waals surface area (Å²) in [6.45, 7) is 2.30. The number of aliphatic hydroxyl groups is 1. The van der Waals surface area contributed by atoms with E-state index >= 15 is 0 Å². The molecule has 0 radical (unpaired) electrons. The van der Waals surface area contributed by atoms with Crippen LogP contribution < -0.4 is 4.74 Å². The summed E-state index contributed by atoms with van der Waals surface area (Å²) < 4.78 is 5.53. The topological polar surface area (TPSA) is 29.5 Å². The summed E-state index contributed by atoms with van der Waals surface area (Å²) in [5, 5.41) is 9.91. The van der Waals surface area contributed by atoms with Crippen molar-refractivity contribution in [1.29, 1.82) is 0 Å². The molecule has 0 aromatic heterocycles. The van der Waals surface area contributed by atoms with Crippen LogP contribution in [0.4, 0.5) is 0 Å². The van der Waals surface area contributed by atoms with Gasteiger partial charge in [-0.25, -0.2) is 0 Å². The third kappa shape index (κ3) is 3.33. The van der Waals surface area contributed by atoms with E-state index in [0.29, 0.717) is 0 Å². The third-order valence-corrected chi connectivity index (χ3v) is 2.61. The highest BCUT2D eigenvalue weighted by Gasteiger charge is 2.07. The molecule has 2 aromatic carbocycles. The largest absolute Gasteiger partial charge is 0.491 e. The molecule has 1 N–H and O–H groups in total. The number of aliphatic hydroxyl groups excluding tert-OH is 1. The lowest BCUT2D eigenvalue weighted by atomic mass is 10.1. The van der Waals surface area contributed by atoms with Gasteiger partial charge in [0.25, 0.3) is 0 Å². The van der Waals surface area contributed by atoms with Gasteiger partial charge in [0.05, 0.1) is 0 Å². The van der Waals surface area contributed by atoms with E-state index in [2.05, 4.69) is 0 Å². The Kier molecular flexibility index (Phi) is 3.78. The van der Waals surface area contributed by atoms with Gasteiger partial charge in [-0.2, -0.15) is 0 Å². The van der Waals surface area contributed by atoms with Crippen LogP contribution in [0.5, 0.6) is 5.75 Å². The van der Waals surface area contributed by atoms with Gasteiger partial charge in [-0.3, -0.25) is 0 Å². The standard InChI is InChI=1S/C15H16O2/c1-12-7-9-14(10-8-12)17-11-15(16)13-5-3-2-4-6-13/h2-10,15-16H,11H2,1H3. The van der Waals surface area contributed by atoms with E-state index in [0.717, 1.165) is 11.3 Å². The summed E-state index contributed by atoms with van der Waals surface area (Å²) in [6.07, 6.45) is -0.586. The fraction of sp³-hybridized carbons (Fsp3) is 0.200. The SMILES string of the molecule is Cc1ccc(OCC(O)c2ccccc2)cc1. The molecule has 0 fully saturated rings. The summed E-state index contributed by atoms with van der Waals surface area (Å²) >= 11 is 0. The minimum atomic E-state index is -0.586. The molecule has 0 aliphatic rings. The predicted molar refractivity (Wildman–Crippen MR) is 68.1 cm³/mol. The molecule has 0 saturated carbocycles. The van der Waals surface area contributed by atoms with Gasteiger partial charge in [0.2, 0.25) is 0 Å². The molecule has 1 unspecified atom stereocenters. The van der Waals surface area contributed by atoms with E-state index in [4.69, 9.17) is 4.74 Å². The average molecular weight is 228 g/mol. The molecule has 0 saturated heterocycles. The van der Waals surface area contributed by atoms with Crippen LogP contribution in [0.15, 0.2) is 54.6 Å². The Morgan fingerprint density at radius 2 is 1.65 bits per heavy atom. The van der Waals surface area contributed by atoms with Crippen LogP contribution in [0.1, 0.15) is 17.2 Å². The van der Waals surface area contributed by atoms with Crippen LogP contribution in [0.2, 0.25) is 0 Å². The highest BCUT2D eigenvalue weighted by atomic mass is 16.5. The van der Waals surface area contributed by atoms with Crippen molar-refractivity contribution >= 4 is 0 Å². The van der Waals surface area contributed by atoms with Crippen LogP contribution in [0, 0.1) is 6.92 Å². The van der Waals surface area contributed by atoms with Gasteiger partial charge < -0.3 is 9.84 Å². The third-order valence-electron chi connectivity index (χ3n) is 2.61. The Morgan fingerprint density at radius 3 is 2.29 bits per heavy atom. The molecule has 0 aliphatic heterocycles. The highest BCUT2D eigenvalue weighted by Crippen LogP contribution is 2.16. The molecular formula is C15H16O2. The number of ether oxygens (including phenoxy) is 1. The maximum absolute atomic E-state index is 9.91. The van der Waals surface area contributed by atoms with E-state index in [-0.39, 0.29) is 6.61 Å². The smallest absolute Gasteiger partial charge is 0.119 e. The Bertz CT molecular complexity index is 448. The highest BCUT2D eigenvalue weighted by molar-refractivity contribution is 5.26. The first-order valence-electron chi connectivity index (χ1n) is 5.68. The van der Waals surface area contributed by atoms with Gasteiger partial charge in [-0.15, -0.1) is 0 Å². The van der Waals surface area contributed by atoms with Crippen molar-refractivity contribution in [2.45, 2.75) is 13.0 Å². The maximum Gasteiger partial charge on any atom is 0.119 e. The fourth-order valence-corrected chi connectivity index (χ4v) is 1.58. The molecule has 2 rings (SSSR count). The molecule has 2 heteroatoms. The average Bonchev–Trinajstić information content (AvgIpc) is 2.39. The van der Waals surface area contributed by atoms with Gasteiger partial charge in [0.15, 0.2) is 0 Å². The minimum Gasteiger partial charge on any atom is -0.491 e. The molecule has 2 nitrogen and oxygen atoms in total. The van der Waals surface area contributed by atoms with Crippen LogP contribution >= 0.6 is 0 Å². The second kappa shape index (κ2) is 5.51. The molecule has 88 valence electrons. The van der Waals surface area contributed by atoms with Crippen LogP contribution in [0.3, 0.4) is 0 Å². The van der Waals surface area contributed by atoms with Crippen molar-refractivity contribution < 1.29 is 9.84 Å². The molecular weight excluding hydrogens is 212 g/mol. The fourth-order valence-electron chi connectivity index (χ4n) is 1.58. The maximum atomic E-state index is 9.91. The van der Waals surface area contributed by atoms with Gasteiger partial charge in [-0.05, 0) is 24.6 Å². The van der Waals surface area contributed by atoms with Crippen molar-refractivity contribution in [1.82, 2.24) is 0 Å². The summed E-state index contributed by atoms with van der Waals surface area (Å²) in [6, 6.07) is 17.3. The number of hydrogen-bond donors (Lipinski definition) is 1. The zero-order chi connectivity index (χ0) is 12.1. The van der Waals surface area contributed by atoms with E-state index in [1.807, 2.05) is 61.5 Å². The Labute approximate surface area is 101 Å². The second-order valence-electron chi connectivity index (χ2n) is 4.05. The summed E-state index contributed by atoms with van der Waals surface area (Å²) in [5.74, 6) is 0.783. The molecule has 0 amide bonds. The molecule has 17 heavy (non-hydrogen) atoms. The van der Waals surface area contributed by atoms with E-state index in [1.54, 1.807) is 0 Å². The van der Waals surface area contributed by atoms with Crippen molar-refractivity contribution in [3.63, 3.8) is 0 Å². The Balaban J connectivity index is 1.92. The van der Waals surface area contributed by atoms with E-state index in [1.165, 1.54) is 5.56 Å². The zero-order valence-corrected chi connectivity index (χ0v) is 9.84. The quantitative estimate of drug-likeness (QED) is 0.871. The monoisotopic (exact) mass is 228 g/mol. The number of aryl methyl sites for hydroxylation is 1. The molecule has 0 aliphatic carbocycles. The van der Waals surface area contributed by atoms with E-state index < -0.39 is 6.10 Å². The predicted octanol–water partition coefficient (Wildman–Crippen LogP) is 3.11. The van der Waals surface area contributed by atoms with Gasteiger partial charge in [0.1, 0.15) is 18.5 Å². The molecule has 0 heterocycles. The zero-order valence-electron chi connectivity index (χ0n) is 9.84. The summed E-state index contributed by atoms with van der Waals surface area (Å²) in [5.41, 5.74) is 2.07. The van der Waals surface area contributed by atoms with Crippen LogP contribution in [-0.4, -0.2) is 11.7 Å². The normalized spacial score (nSPS) is 12.1. The summed E-state index contributed by atoms with van der Waals surface area (Å²) in [7, 11) is 0. The number of hydrogen-bond acceptors (Lipinski definition) is 2. The second-order valence-corrected chi connectivity index (χ2v) is 4.05. The first-order valence-corrected chi connectivity index (χ1v) is 5.68. The molecule has 1 atom stereocenters. The first-order chi connectivity index (χ1) is 8.25. The van der Waals surface area contributed by atoms with Gasteiger partial charge in [-0.1, -0.05) is 48.0 Å². The van der Waals surface area contributed by atoms with Crippen molar-refractivity contribution in [2.75, 3.05) is 6.61 Å². The molecule has 0 spiro atoms. The lowest BCUT2D eigenvalue weighted by Crippen LogP contribution is -2.09. The number of benzene rings is 2. The molecule has 0 bridgehead atoms. The van der Waals surface area contributed by atoms with Crippen molar-refractivity contribution in [2.24, 2.45) is 0 Å².